The van der Waals surface area contributed by atoms with Crippen LogP contribution < -0.4 is 15.0 Å². The lowest BCUT2D eigenvalue weighted by Crippen LogP contribution is -2.31. The lowest BCUT2D eigenvalue weighted by atomic mass is 10.2. The number of carbonyl (C=O) groups is 1. The molecule has 0 atom stereocenters. The molecule has 136 valence electrons. The Hall–Kier alpha value is -1.79. The van der Waals surface area contributed by atoms with Crippen LogP contribution in [0.5, 0.6) is 5.75 Å². The lowest BCUT2D eigenvalue weighted by Gasteiger charge is -2.27. The summed E-state index contributed by atoms with van der Waals surface area (Å²) in [6.45, 7) is 12.1. The number of carbonyl (C=O) groups excluding carboxylic acids is 1. The summed E-state index contributed by atoms with van der Waals surface area (Å²) in [7, 11) is 0. The first kappa shape index (κ1) is 20.3. The molecular formula is C18H30N2O4. The summed E-state index contributed by atoms with van der Waals surface area (Å²) in [5.41, 5.74) is 1.68. The van der Waals surface area contributed by atoms with Crippen LogP contribution in [0.4, 0.5) is 11.4 Å². The molecule has 0 aliphatic heterocycles. The molecule has 24 heavy (non-hydrogen) atoms. The number of hydrogen-bond acceptors (Lipinski definition) is 5. The van der Waals surface area contributed by atoms with Crippen molar-refractivity contribution in [2.24, 2.45) is 0 Å². The van der Waals surface area contributed by atoms with E-state index in [1.54, 1.807) is 0 Å². The largest absolute Gasteiger partial charge is 0.492 e. The highest BCUT2D eigenvalue weighted by molar-refractivity contribution is 5.89. The zero-order valence-corrected chi connectivity index (χ0v) is 15.3. The second-order valence-corrected chi connectivity index (χ2v) is 5.18. The van der Waals surface area contributed by atoms with E-state index in [0.717, 1.165) is 30.2 Å². The Bertz CT molecular complexity index is 484. The first-order valence-corrected chi connectivity index (χ1v) is 8.57. The van der Waals surface area contributed by atoms with E-state index in [1.807, 2.05) is 39.0 Å². The maximum Gasteiger partial charge on any atom is 0.221 e. The average molecular weight is 338 g/mol. The fourth-order valence-electron chi connectivity index (χ4n) is 2.31. The smallest absolute Gasteiger partial charge is 0.221 e. The van der Waals surface area contributed by atoms with E-state index in [2.05, 4.69) is 10.2 Å². The Balaban J connectivity index is 3.01. The molecular weight excluding hydrogens is 308 g/mol. The standard InChI is InChI=1S/C18H30N2O4/c1-5-22-12-10-20(11-13-23-6-2)17-14-16(19-15(4)21)8-9-18(17)24-7-3/h8-9,14H,5-7,10-13H2,1-4H3,(H,19,21). The highest BCUT2D eigenvalue weighted by atomic mass is 16.5. The molecule has 6 nitrogen and oxygen atoms in total. The number of ether oxygens (including phenoxy) is 3. The third-order valence-corrected chi connectivity index (χ3v) is 3.34. The van der Waals surface area contributed by atoms with Gasteiger partial charge in [0, 0.05) is 38.9 Å². The zero-order chi connectivity index (χ0) is 17.8. The molecule has 0 unspecified atom stereocenters. The van der Waals surface area contributed by atoms with Crippen molar-refractivity contribution < 1.29 is 19.0 Å². The molecule has 0 saturated heterocycles. The minimum absolute atomic E-state index is 0.0970. The quantitative estimate of drug-likeness (QED) is 0.594. The molecule has 0 fully saturated rings. The van der Waals surface area contributed by atoms with E-state index >= 15 is 0 Å². The zero-order valence-electron chi connectivity index (χ0n) is 15.3. The SMILES string of the molecule is CCOCCN(CCOCC)c1cc(NC(C)=O)ccc1OCC. The van der Waals surface area contributed by atoms with Gasteiger partial charge in [0.05, 0.1) is 25.5 Å². The predicted molar refractivity (Wildman–Crippen MR) is 97.1 cm³/mol. The summed E-state index contributed by atoms with van der Waals surface area (Å²) in [5.74, 6) is 0.694. The van der Waals surface area contributed by atoms with Crippen molar-refractivity contribution in [1.82, 2.24) is 0 Å². The van der Waals surface area contributed by atoms with Gasteiger partial charge in [-0.15, -0.1) is 0 Å². The van der Waals surface area contributed by atoms with Crippen LogP contribution in [0, 0.1) is 0 Å². The number of hydrogen-bond donors (Lipinski definition) is 1. The van der Waals surface area contributed by atoms with Crippen molar-refractivity contribution in [3.63, 3.8) is 0 Å². The summed E-state index contributed by atoms with van der Waals surface area (Å²) in [6, 6.07) is 5.67. The third kappa shape index (κ3) is 7.19. The summed E-state index contributed by atoms with van der Waals surface area (Å²) >= 11 is 0. The molecule has 0 radical (unpaired) electrons. The topological polar surface area (TPSA) is 60.0 Å². The first-order valence-electron chi connectivity index (χ1n) is 8.57. The predicted octanol–water partition coefficient (Wildman–Crippen LogP) is 2.92. The molecule has 0 heterocycles. The molecule has 0 aliphatic rings. The molecule has 0 aliphatic carbocycles. The van der Waals surface area contributed by atoms with Gasteiger partial charge in [0.2, 0.25) is 5.91 Å². The van der Waals surface area contributed by atoms with Crippen LogP contribution in [0.1, 0.15) is 27.7 Å². The minimum atomic E-state index is -0.0970. The second kappa shape index (κ2) is 11.7. The summed E-state index contributed by atoms with van der Waals surface area (Å²) in [5, 5.41) is 2.82. The van der Waals surface area contributed by atoms with Crippen molar-refractivity contribution >= 4 is 17.3 Å². The van der Waals surface area contributed by atoms with Crippen LogP contribution in [0.3, 0.4) is 0 Å². The molecule has 1 amide bonds. The first-order chi connectivity index (χ1) is 11.6. The van der Waals surface area contributed by atoms with Gasteiger partial charge in [-0.3, -0.25) is 4.79 Å². The molecule has 0 spiro atoms. The molecule has 1 N–H and O–H groups in total. The Labute approximate surface area is 145 Å². The van der Waals surface area contributed by atoms with E-state index in [-0.39, 0.29) is 5.91 Å². The van der Waals surface area contributed by atoms with E-state index in [1.165, 1.54) is 6.92 Å². The molecule has 1 rings (SSSR count). The van der Waals surface area contributed by atoms with Gasteiger partial charge in [-0.25, -0.2) is 0 Å². The van der Waals surface area contributed by atoms with Crippen LogP contribution in [-0.4, -0.2) is 52.0 Å². The number of nitrogens with one attached hydrogen (secondary N) is 1. The normalized spacial score (nSPS) is 10.5. The fourth-order valence-corrected chi connectivity index (χ4v) is 2.31. The average Bonchev–Trinajstić information content (AvgIpc) is 2.55. The lowest BCUT2D eigenvalue weighted by molar-refractivity contribution is -0.114. The van der Waals surface area contributed by atoms with Gasteiger partial charge in [0.25, 0.3) is 0 Å². The van der Waals surface area contributed by atoms with Crippen LogP contribution in [-0.2, 0) is 14.3 Å². The monoisotopic (exact) mass is 338 g/mol. The third-order valence-electron chi connectivity index (χ3n) is 3.34. The van der Waals surface area contributed by atoms with Gasteiger partial charge in [-0.1, -0.05) is 0 Å². The number of nitrogens with zero attached hydrogens (tertiary/aromatic N) is 1. The minimum Gasteiger partial charge on any atom is -0.492 e. The molecule has 0 aromatic heterocycles. The Kier molecular flexibility index (Phi) is 9.88. The summed E-state index contributed by atoms with van der Waals surface area (Å²) < 4.78 is 16.7. The van der Waals surface area contributed by atoms with Crippen molar-refractivity contribution in [2.45, 2.75) is 27.7 Å². The van der Waals surface area contributed by atoms with Gasteiger partial charge < -0.3 is 24.4 Å². The van der Waals surface area contributed by atoms with Crippen molar-refractivity contribution in [3.8, 4) is 5.75 Å². The summed E-state index contributed by atoms with van der Waals surface area (Å²) in [4.78, 5) is 13.5. The van der Waals surface area contributed by atoms with E-state index in [0.29, 0.717) is 33.0 Å². The number of rotatable bonds is 12. The fraction of sp³-hybridized carbons (Fsp3) is 0.611. The molecule has 0 saturated carbocycles. The Morgan fingerprint density at radius 2 is 1.67 bits per heavy atom. The van der Waals surface area contributed by atoms with E-state index in [9.17, 15) is 4.79 Å². The van der Waals surface area contributed by atoms with Gasteiger partial charge in [0.1, 0.15) is 5.75 Å². The number of anilines is 2. The van der Waals surface area contributed by atoms with Crippen LogP contribution >= 0.6 is 0 Å². The summed E-state index contributed by atoms with van der Waals surface area (Å²) in [6.07, 6.45) is 0. The van der Waals surface area contributed by atoms with Gasteiger partial charge in [0.15, 0.2) is 0 Å². The second-order valence-electron chi connectivity index (χ2n) is 5.18. The maximum absolute atomic E-state index is 11.3. The highest BCUT2D eigenvalue weighted by Crippen LogP contribution is 2.31. The van der Waals surface area contributed by atoms with Crippen LogP contribution in [0.25, 0.3) is 0 Å². The number of amides is 1. The molecule has 1 aromatic carbocycles. The maximum atomic E-state index is 11.3. The van der Waals surface area contributed by atoms with E-state index < -0.39 is 0 Å². The van der Waals surface area contributed by atoms with Crippen molar-refractivity contribution in [1.29, 1.82) is 0 Å². The van der Waals surface area contributed by atoms with Crippen LogP contribution in [0.2, 0.25) is 0 Å². The van der Waals surface area contributed by atoms with E-state index in [4.69, 9.17) is 14.2 Å². The van der Waals surface area contributed by atoms with Gasteiger partial charge >= 0.3 is 0 Å². The highest BCUT2D eigenvalue weighted by Gasteiger charge is 2.14. The van der Waals surface area contributed by atoms with Crippen LogP contribution in [0.15, 0.2) is 18.2 Å². The van der Waals surface area contributed by atoms with Gasteiger partial charge in [-0.05, 0) is 39.0 Å². The molecule has 1 aromatic rings. The number of benzene rings is 1. The Morgan fingerprint density at radius 3 is 2.17 bits per heavy atom. The van der Waals surface area contributed by atoms with Gasteiger partial charge in [-0.2, -0.15) is 0 Å². The molecule has 6 heteroatoms. The Morgan fingerprint density at radius 1 is 1.04 bits per heavy atom. The molecule has 0 bridgehead atoms. The van der Waals surface area contributed by atoms with Crippen molar-refractivity contribution in [3.05, 3.63) is 18.2 Å². The van der Waals surface area contributed by atoms with Crippen molar-refractivity contribution in [2.75, 3.05) is 56.3 Å².